The Hall–Kier alpha value is -0.835. The highest BCUT2D eigenvalue weighted by Crippen LogP contribution is 2.62. The van der Waals surface area contributed by atoms with Gasteiger partial charge in [-0.3, -0.25) is 0 Å². The van der Waals surface area contributed by atoms with Crippen LogP contribution in [0.1, 0.15) is 84.3 Å². The molecular formula is C25H37BO3. The monoisotopic (exact) mass is 396 g/mol. The number of hydrogen-bond donors (Lipinski definition) is 1. The van der Waals surface area contributed by atoms with Crippen molar-refractivity contribution in [2.45, 2.75) is 96.9 Å². The summed E-state index contributed by atoms with van der Waals surface area (Å²) in [4.78, 5) is 0. The second-order valence-corrected chi connectivity index (χ2v) is 11.7. The van der Waals surface area contributed by atoms with Gasteiger partial charge in [0, 0.05) is 0 Å². The number of fused-ring (bicyclic) bond motifs is 5. The average molecular weight is 396 g/mol. The molecule has 1 heterocycles. The van der Waals surface area contributed by atoms with E-state index in [1.54, 1.807) is 5.56 Å². The normalized spacial score (nSPS) is 42.3. The van der Waals surface area contributed by atoms with Crippen LogP contribution in [0.5, 0.6) is 0 Å². The highest BCUT2D eigenvalue weighted by molar-refractivity contribution is 6.62. The molecule has 0 bridgehead atoms. The lowest BCUT2D eigenvalue weighted by molar-refractivity contribution is -0.0356. The molecule has 1 saturated heterocycles. The Morgan fingerprint density at radius 3 is 2.38 bits per heavy atom. The molecule has 3 aliphatic carbocycles. The molecule has 29 heavy (non-hydrogen) atoms. The van der Waals surface area contributed by atoms with Crippen LogP contribution in [0.25, 0.3) is 0 Å². The summed E-state index contributed by atoms with van der Waals surface area (Å²) in [6.45, 7) is 13.3. The summed E-state index contributed by atoms with van der Waals surface area (Å²) >= 11 is 0. The van der Waals surface area contributed by atoms with Crippen molar-refractivity contribution < 1.29 is 14.4 Å². The Morgan fingerprint density at radius 1 is 1.00 bits per heavy atom. The average Bonchev–Trinajstić information content (AvgIpc) is 3.06. The molecule has 0 radical (unpaired) electrons. The quantitative estimate of drug-likeness (QED) is 0.713. The van der Waals surface area contributed by atoms with Gasteiger partial charge in [-0.1, -0.05) is 32.0 Å². The van der Waals surface area contributed by atoms with E-state index >= 15 is 0 Å². The van der Waals surface area contributed by atoms with Crippen molar-refractivity contribution in [3.8, 4) is 0 Å². The van der Waals surface area contributed by atoms with E-state index in [9.17, 15) is 5.11 Å². The van der Waals surface area contributed by atoms with E-state index in [1.165, 1.54) is 18.4 Å². The molecule has 3 nitrogen and oxygen atoms in total. The van der Waals surface area contributed by atoms with Gasteiger partial charge in [-0.2, -0.15) is 0 Å². The largest absolute Gasteiger partial charge is 0.494 e. The Labute approximate surface area is 176 Å². The van der Waals surface area contributed by atoms with Crippen molar-refractivity contribution >= 4 is 12.6 Å². The standard InChI is InChI=1S/C25H37BO3/c1-15-13-16-14-17(26-28-23(2,3)24(4,5)29-26)7-8-18(16)19-11-12-25(6)20(22(15)19)9-10-21(25)27/h7-8,14-15,19-22,27H,9-13H2,1-6H3/t15?,19?,20?,21-,22+,25-/m0/s1. The molecule has 0 aromatic heterocycles. The van der Waals surface area contributed by atoms with E-state index in [2.05, 4.69) is 59.7 Å². The Kier molecular flexibility index (Phi) is 4.39. The number of benzene rings is 1. The van der Waals surface area contributed by atoms with Crippen LogP contribution in [0, 0.1) is 23.2 Å². The van der Waals surface area contributed by atoms with Gasteiger partial charge in [0.15, 0.2) is 0 Å². The maximum Gasteiger partial charge on any atom is 0.494 e. The maximum absolute atomic E-state index is 10.7. The second-order valence-electron chi connectivity index (χ2n) is 11.7. The SMILES string of the molecule is CC1Cc2cc(B3OC(C)(C)C(C)(C)O3)ccc2C2CC[C@@]3(C)C(CC[C@@H]3O)[C@H]12. The molecule has 4 aliphatic rings. The van der Waals surface area contributed by atoms with Crippen LogP contribution in [-0.2, 0) is 15.7 Å². The summed E-state index contributed by atoms with van der Waals surface area (Å²) in [5.41, 5.74) is 3.73. The first kappa shape index (κ1) is 20.1. The van der Waals surface area contributed by atoms with Crippen molar-refractivity contribution in [1.82, 2.24) is 0 Å². The summed E-state index contributed by atoms with van der Waals surface area (Å²) in [7, 11) is -0.280. The maximum atomic E-state index is 10.7. The predicted octanol–water partition coefficient (Wildman–Crippen LogP) is 4.45. The van der Waals surface area contributed by atoms with E-state index in [0.717, 1.165) is 24.7 Å². The Morgan fingerprint density at radius 2 is 1.69 bits per heavy atom. The number of aliphatic hydroxyl groups is 1. The zero-order valence-corrected chi connectivity index (χ0v) is 19.0. The fourth-order valence-corrected chi connectivity index (χ4v) is 7.10. The topological polar surface area (TPSA) is 38.7 Å². The minimum absolute atomic E-state index is 0.104. The van der Waals surface area contributed by atoms with Gasteiger partial charge >= 0.3 is 7.12 Å². The summed E-state index contributed by atoms with van der Waals surface area (Å²) in [6.07, 6.45) is 5.59. The van der Waals surface area contributed by atoms with Gasteiger partial charge in [-0.15, -0.1) is 0 Å². The van der Waals surface area contributed by atoms with E-state index in [4.69, 9.17) is 9.31 Å². The first-order valence-electron chi connectivity index (χ1n) is 11.7. The number of rotatable bonds is 1. The van der Waals surface area contributed by atoms with Crippen molar-refractivity contribution in [3.05, 3.63) is 29.3 Å². The van der Waals surface area contributed by atoms with Gasteiger partial charge in [-0.25, -0.2) is 0 Å². The molecule has 158 valence electrons. The lowest BCUT2D eigenvalue weighted by Gasteiger charge is -2.52. The van der Waals surface area contributed by atoms with E-state index in [0.29, 0.717) is 23.7 Å². The fraction of sp³-hybridized carbons (Fsp3) is 0.760. The number of aliphatic hydroxyl groups excluding tert-OH is 1. The number of hydrogen-bond acceptors (Lipinski definition) is 3. The first-order chi connectivity index (χ1) is 13.5. The predicted molar refractivity (Wildman–Crippen MR) is 117 cm³/mol. The lowest BCUT2D eigenvalue weighted by atomic mass is 9.52. The molecule has 4 heteroatoms. The van der Waals surface area contributed by atoms with E-state index < -0.39 is 0 Å². The zero-order valence-electron chi connectivity index (χ0n) is 19.0. The third-order valence-electron chi connectivity index (χ3n) is 9.57. The van der Waals surface area contributed by atoms with Gasteiger partial charge in [-0.05, 0) is 105 Å². The van der Waals surface area contributed by atoms with Gasteiger partial charge < -0.3 is 14.4 Å². The lowest BCUT2D eigenvalue weighted by Crippen LogP contribution is -2.47. The second kappa shape index (κ2) is 6.34. The van der Waals surface area contributed by atoms with Crippen LogP contribution in [0.3, 0.4) is 0 Å². The van der Waals surface area contributed by atoms with Crippen molar-refractivity contribution in [1.29, 1.82) is 0 Å². The van der Waals surface area contributed by atoms with Crippen LogP contribution in [0.2, 0.25) is 0 Å². The molecule has 3 fully saturated rings. The first-order valence-corrected chi connectivity index (χ1v) is 11.7. The minimum atomic E-state index is -0.302. The molecule has 2 saturated carbocycles. The van der Waals surface area contributed by atoms with Crippen LogP contribution < -0.4 is 5.46 Å². The highest BCUT2D eigenvalue weighted by atomic mass is 16.7. The molecule has 0 amide bonds. The van der Waals surface area contributed by atoms with Gasteiger partial charge in [0.25, 0.3) is 0 Å². The molecule has 1 aliphatic heterocycles. The summed E-state index contributed by atoms with van der Waals surface area (Å²) in [6, 6.07) is 6.97. The smallest absolute Gasteiger partial charge is 0.399 e. The highest BCUT2D eigenvalue weighted by Gasteiger charge is 2.56. The van der Waals surface area contributed by atoms with Gasteiger partial charge in [0.2, 0.25) is 0 Å². The third-order valence-corrected chi connectivity index (χ3v) is 9.57. The van der Waals surface area contributed by atoms with Crippen LogP contribution in [0.15, 0.2) is 18.2 Å². The molecule has 1 aromatic rings. The molecule has 1 aromatic carbocycles. The zero-order chi connectivity index (χ0) is 20.8. The summed E-state index contributed by atoms with van der Waals surface area (Å²) < 4.78 is 12.6. The molecular weight excluding hydrogens is 359 g/mol. The minimum Gasteiger partial charge on any atom is -0.399 e. The summed E-state index contributed by atoms with van der Waals surface area (Å²) in [5, 5.41) is 10.7. The van der Waals surface area contributed by atoms with Crippen LogP contribution >= 0.6 is 0 Å². The van der Waals surface area contributed by atoms with Crippen molar-refractivity contribution in [2.24, 2.45) is 23.2 Å². The van der Waals surface area contributed by atoms with Gasteiger partial charge in [0.05, 0.1) is 17.3 Å². The molecule has 0 spiro atoms. The molecule has 5 rings (SSSR count). The van der Waals surface area contributed by atoms with Gasteiger partial charge in [0.1, 0.15) is 0 Å². The Balaban J connectivity index is 1.45. The van der Waals surface area contributed by atoms with Crippen molar-refractivity contribution in [2.75, 3.05) is 0 Å². The summed E-state index contributed by atoms with van der Waals surface area (Å²) in [5.74, 6) is 2.68. The Bertz CT molecular complexity index is 802. The third kappa shape index (κ3) is 2.82. The molecule has 1 N–H and O–H groups in total. The van der Waals surface area contributed by atoms with Crippen LogP contribution in [-0.4, -0.2) is 29.5 Å². The van der Waals surface area contributed by atoms with Crippen LogP contribution in [0.4, 0.5) is 0 Å². The molecule has 6 atom stereocenters. The van der Waals surface area contributed by atoms with Crippen molar-refractivity contribution in [3.63, 3.8) is 0 Å². The molecule has 3 unspecified atom stereocenters. The van der Waals surface area contributed by atoms with E-state index in [1.807, 2.05) is 0 Å². The fourth-order valence-electron chi connectivity index (χ4n) is 7.10. The van der Waals surface area contributed by atoms with E-state index in [-0.39, 0.29) is 29.8 Å².